The number of likely N-dealkylation sites (tertiary alicyclic amines) is 1. The van der Waals surface area contributed by atoms with Gasteiger partial charge in [0.1, 0.15) is 0 Å². The summed E-state index contributed by atoms with van der Waals surface area (Å²) in [6, 6.07) is 12.7. The molecule has 0 unspecified atom stereocenters. The van der Waals surface area contributed by atoms with E-state index in [2.05, 4.69) is 47.1 Å². The second-order valence-corrected chi connectivity index (χ2v) is 6.91. The van der Waals surface area contributed by atoms with Crippen molar-refractivity contribution in [2.45, 2.75) is 46.6 Å². The summed E-state index contributed by atoms with van der Waals surface area (Å²) in [4.78, 5) is 6.64. The number of rotatable bonds is 6. The lowest BCUT2D eigenvalue weighted by Gasteiger charge is -2.27. The highest BCUT2D eigenvalue weighted by atomic mass is 16.3. The SMILES string of the molecule is CC.Cc1ccccc1CC[C@]1(CO)CCN(Cc2cccnc2)C1. The van der Waals surface area contributed by atoms with Gasteiger partial charge < -0.3 is 5.11 Å². The highest BCUT2D eigenvalue weighted by molar-refractivity contribution is 5.25. The molecule has 1 aliphatic rings. The van der Waals surface area contributed by atoms with Crippen molar-refractivity contribution in [1.29, 1.82) is 0 Å². The first-order valence-electron chi connectivity index (χ1n) is 9.47. The predicted octanol–water partition coefficient (Wildman–Crippen LogP) is 4.23. The standard InChI is InChI=1S/C20H26N2O.C2H6/c1-17-5-2-3-7-19(17)8-9-20(16-23)10-12-22(15-20)14-18-6-4-11-21-13-18;1-2/h2-7,11,13,23H,8-10,12,14-16H2,1H3;1-2H3/t20-;/m0./s1. The lowest BCUT2D eigenvalue weighted by atomic mass is 9.81. The van der Waals surface area contributed by atoms with E-state index >= 15 is 0 Å². The fourth-order valence-electron chi connectivity index (χ4n) is 3.62. The number of aliphatic hydroxyl groups excluding tert-OH is 1. The van der Waals surface area contributed by atoms with E-state index in [0.29, 0.717) is 0 Å². The summed E-state index contributed by atoms with van der Waals surface area (Å²) in [7, 11) is 0. The smallest absolute Gasteiger partial charge is 0.0500 e. The van der Waals surface area contributed by atoms with Crippen LogP contribution in [0.4, 0.5) is 0 Å². The fraction of sp³-hybridized carbons (Fsp3) is 0.500. The highest BCUT2D eigenvalue weighted by Crippen LogP contribution is 2.35. The Labute approximate surface area is 152 Å². The lowest BCUT2D eigenvalue weighted by Crippen LogP contribution is -2.31. The maximum atomic E-state index is 10.0. The molecule has 1 saturated heterocycles. The van der Waals surface area contributed by atoms with Crippen LogP contribution in [-0.2, 0) is 13.0 Å². The minimum atomic E-state index is 0.0461. The molecule has 3 nitrogen and oxygen atoms in total. The average molecular weight is 341 g/mol. The second kappa shape index (κ2) is 9.69. The van der Waals surface area contributed by atoms with Crippen molar-refractivity contribution >= 4 is 0 Å². The molecule has 136 valence electrons. The first-order valence-corrected chi connectivity index (χ1v) is 9.47. The van der Waals surface area contributed by atoms with Crippen molar-refractivity contribution in [2.75, 3.05) is 19.7 Å². The van der Waals surface area contributed by atoms with Crippen molar-refractivity contribution in [3.8, 4) is 0 Å². The molecule has 1 aromatic carbocycles. The van der Waals surface area contributed by atoms with Crippen LogP contribution in [0.25, 0.3) is 0 Å². The van der Waals surface area contributed by atoms with E-state index in [9.17, 15) is 5.11 Å². The number of hydrogen-bond acceptors (Lipinski definition) is 3. The molecule has 0 amide bonds. The van der Waals surface area contributed by atoms with Gasteiger partial charge >= 0.3 is 0 Å². The summed E-state index contributed by atoms with van der Waals surface area (Å²) in [5, 5.41) is 10.0. The van der Waals surface area contributed by atoms with Crippen LogP contribution in [0.2, 0.25) is 0 Å². The first kappa shape index (κ1) is 19.6. The van der Waals surface area contributed by atoms with Gasteiger partial charge in [0.05, 0.1) is 0 Å². The van der Waals surface area contributed by atoms with Gasteiger partial charge in [-0.15, -0.1) is 0 Å². The molecular formula is C22H32N2O. The molecule has 1 N–H and O–H groups in total. The van der Waals surface area contributed by atoms with Crippen molar-refractivity contribution in [2.24, 2.45) is 5.41 Å². The molecule has 0 radical (unpaired) electrons. The van der Waals surface area contributed by atoms with Crippen LogP contribution in [-0.4, -0.2) is 34.7 Å². The van der Waals surface area contributed by atoms with Crippen LogP contribution in [0.1, 0.15) is 43.4 Å². The van der Waals surface area contributed by atoms with Gasteiger partial charge in [0.2, 0.25) is 0 Å². The zero-order valence-electron chi connectivity index (χ0n) is 15.9. The van der Waals surface area contributed by atoms with Gasteiger partial charge in [-0.05, 0) is 55.5 Å². The van der Waals surface area contributed by atoms with E-state index in [4.69, 9.17) is 0 Å². The molecule has 1 atom stereocenters. The molecule has 25 heavy (non-hydrogen) atoms. The molecular weight excluding hydrogens is 308 g/mol. The molecule has 1 fully saturated rings. The van der Waals surface area contributed by atoms with Gasteiger partial charge in [-0.3, -0.25) is 9.88 Å². The third-order valence-corrected chi connectivity index (χ3v) is 5.17. The zero-order valence-corrected chi connectivity index (χ0v) is 15.9. The number of aryl methyl sites for hydroxylation is 2. The Balaban J connectivity index is 0.00000109. The lowest BCUT2D eigenvalue weighted by molar-refractivity contribution is 0.118. The molecule has 3 rings (SSSR count). The molecule has 1 aromatic heterocycles. The molecule has 0 aliphatic carbocycles. The maximum absolute atomic E-state index is 10.0. The van der Waals surface area contributed by atoms with E-state index in [0.717, 1.165) is 38.9 Å². The molecule has 2 aromatic rings. The number of aliphatic hydroxyl groups is 1. The normalized spacial score (nSPS) is 20.2. The predicted molar refractivity (Wildman–Crippen MR) is 104 cm³/mol. The van der Waals surface area contributed by atoms with Crippen molar-refractivity contribution in [1.82, 2.24) is 9.88 Å². The molecule has 0 bridgehead atoms. The topological polar surface area (TPSA) is 36.4 Å². The largest absolute Gasteiger partial charge is 0.396 e. The third-order valence-electron chi connectivity index (χ3n) is 5.17. The highest BCUT2D eigenvalue weighted by Gasteiger charge is 2.37. The Bertz CT molecular complexity index is 629. The Morgan fingerprint density at radius 2 is 1.96 bits per heavy atom. The van der Waals surface area contributed by atoms with Gasteiger partial charge in [0, 0.05) is 37.5 Å². The Morgan fingerprint density at radius 1 is 1.16 bits per heavy atom. The van der Waals surface area contributed by atoms with Crippen LogP contribution in [0.15, 0.2) is 48.8 Å². The number of benzene rings is 1. The molecule has 0 spiro atoms. The second-order valence-electron chi connectivity index (χ2n) is 6.91. The zero-order chi connectivity index (χ0) is 18.1. The van der Waals surface area contributed by atoms with E-state index in [1.807, 2.05) is 32.3 Å². The molecule has 3 heteroatoms. The summed E-state index contributed by atoms with van der Waals surface area (Å²) in [6.07, 6.45) is 6.93. The summed E-state index contributed by atoms with van der Waals surface area (Å²) in [6.45, 7) is 9.42. The van der Waals surface area contributed by atoms with Gasteiger partial charge in [-0.1, -0.05) is 44.2 Å². The van der Waals surface area contributed by atoms with Crippen LogP contribution in [0, 0.1) is 12.3 Å². The van der Waals surface area contributed by atoms with E-state index in [1.165, 1.54) is 16.7 Å². The summed E-state index contributed by atoms with van der Waals surface area (Å²) < 4.78 is 0. The number of nitrogens with zero attached hydrogens (tertiary/aromatic N) is 2. The third kappa shape index (κ3) is 5.38. The van der Waals surface area contributed by atoms with Gasteiger partial charge in [0.15, 0.2) is 0 Å². The summed E-state index contributed by atoms with van der Waals surface area (Å²) in [5.74, 6) is 0. The number of aromatic nitrogens is 1. The van der Waals surface area contributed by atoms with Crippen molar-refractivity contribution in [3.05, 3.63) is 65.5 Å². The van der Waals surface area contributed by atoms with Crippen LogP contribution >= 0.6 is 0 Å². The summed E-state index contributed by atoms with van der Waals surface area (Å²) >= 11 is 0. The Hall–Kier alpha value is -1.71. The fourth-order valence-corrected chi connectivity index (χ4v) is 3.62. The van der Waals surface area contributed by atoms with Gasteiger partial charge in [0.25, 0.3) is 0 Å². The van der Waals surface area contributed by atoms with Crippen LogP contribution in [0.5, 0.6) is 0 Å². The van der Waals surface area contributed by atoms with Gasteiger partial charge in [-0.2, -0.15) is 0 Å². The summed E-state index contributed by atoms with van der Waals surface area (Å²) in [5.41, 5.74) is 4.06. The number of hydrogen-bond donors (Lipinski definition) is 1. The average Bonchev–Trinajstić information content (AvgIpc) is 3.07. The Morgan fingerprint density at radius 3 is 2.64 bits per heavy atom. The van der Waals surface area contributed by atoms with Crippen molar-refractivity contribution < 1.29 is 5.11 Å². The quantitative estimate of drug-likeness (QED) is 0.855. The van der Waals surface area contributed by atoms with Crippen LogP contribution in [0.3, 0.4) is 0 Å². The molecule has 1 aliphatic heterocycles. The molecule has 2 heterocycles. The minimum Gasteiger partial charge on any atom is -0.396 e. The monoisotopic (exact) mass is 340 g/mol. The van der Waals surface area contributed by atoms with E-state index < -0.39 is 0 Å². The van der Waals surface area contributed by atoms with Gasteiger partial charge in [-0.25, -0.2) is 0 Å². The van der Waals surface area contributed by atoms with E-state index in [-0.39, 0.29) is 12.0 Å². The maximum Gasteiger partial charge on any atom is 0.0500 e. The molecule has 0 saturated carbocycles. The first-order chi connectivity index (χ1) is 12.2. The van der Waals surface area contributed by atoms with E-state index in [1.54, 1.807) is 0 Å². The van der Waals surface area contributed by atoms with Crippen LogP contribution < -0.4 is 0 Å². The number of pyridine rings is 1. The minimum absolute atomic E-state index is 0.0461. The Kier molecular flexibility index (Phi) is 7.60. The van der Waals surface area contributed by atoms with Crippen molar-refractivity contribution in [3.63, 3.8) is 0 Å².